The van der Waals surface area contributed by atoms with Crippen molar-refractivity contribution in [2.75, 3.05) is 13.7 Å². The van der Waals surface area contributed by atoms with Gasteiger partial charge in [-0.3, -0.25) is 0 Å². The third kappa shape index (κ3) is 2.75. The van der Waals surface area contributed by atoms with Gasteiger partial charge in [-0.25, -0.2) is 9.98 Å². The van der Waals surface area contributed by atoms with E-state index in [9.17, 15) is 5.11 Å². The quantitative estimate of drug-likeness (QED) is 0.194. The summed E-state index contributed by atoms with van der Waals surface area (Å²) in [6.45, 7) is -0.136. The Balaban J connectivity index is 2.94. The van der Waals surface area contributed by atoms with Crippen LogP contribution in [0.2, 0.25) is 0 Å². The Kier molecular flexibility index (Phi) is 4.37. The molecule has 8 nitrogen and oxygen atoms in total. The molecule has 0 amide bonds. The molecule has 1 aromatic rings. The van der Waals surface area contributed by atoms with Crippen LogP contribution in [0, 0.1) is 0 Å². The molecule has 0 aromatic carbocycles. The van der Waals surface area contributed by atoms with Gasteiger partial charge < -0.3 is 14.3 Å². The van der Waals surface area contributed by atoms with Gasteiger partial charge in [-0.2, -0.15) is 0 Å². The van der Waals surface area contributed by atoms with Crippen molar-refractivity contribution in [1.29, 1.82) is 0 Å². The van der Waals surface area contributed by atoms with Crippen molar-refractivity contribution in [3.8, 4) is 0 Å². The molecule has 9 heteroatoms. The summed E-state index contributed by atoms with van der Waals surface area (Å²) in [5.41, 5.74) is 8.35. The predicted molar refractivity (Wildman–Crippen MR) is 57.5 cm³/mol. The van der Waals surface area contributed by atoms with E-state index in [0.29, 0.717) is 0 Å². The molecule has 1 heterocycles. The second kappa shape index (κ2) is 5.79. The van der Waals surface area contributed by atoms with Gasteiger partial charge in [-0.15, -0.1) is 0 Å². The molecule has 0 saturated heterocycles. The summed E-state index contributed by atoms with van der Waals surface area (Å²) in [5, 5.41) is 12.9. The molecule has 0 aliphatic carbocycles. The molecule has 16 heavy (non-hydrogen) atoms. The molecule has 0 fully saturated rings. The number of hydrogen-bond acceptors (Lipinski definition) is 5. The zero-order valence-electron chi connectivity index (χ0n) is 8.56. The molecule has 0 aliphatic heterocycles. The highest BCUT2D eigenvalue weighted by Crippen LogP contribution is 2.23. The molecule has 0 unspecified atom stereocenters. The highest BCUT2D eigenvalue weighted by atomic mass is 16.5. The van der Waals surface area contributed by atoms with Crippen LogP contribution in [0.5, 0.6) is 0 Å². The van der Waals surface area contributed by atoms with Crippen molar-refractivity contribution in [1.82, 2.24) is 9.46 Å². The summed E-state index contributed by atoms with van der Waals surface area (Å²) in [7, 11) is 6.95. The summed E-state index contributed by atoms with van der Waals surface area (Å²) < 4.78 is 5.76. The van der Waals surface area contributed by atoms with Gasteiger partial charge in [0.2, 0.25) is 7.98 Å². The van der Waals surface area contributed by atoms with E-state index in [2.05, 4.69) is 24.7 Å². The number of aromatic nitrogens is 2. The number of aliphatic hydroxyl groups excluding tert-OH is 1. The van der Waals surface area contributed by atoms with Crippen LogP contribution in [0.15, 0.2) is 16.4 Å². The molecule has 0 saturated carbocycles. The summed E-state index contributed by atoms with van der Waals surface area (Å²) in [4.78, 5) is 10.2. The Labute approximate surface area is 92.6 Å². The van der Waals surface area contributed by atoms with E-state index >= 15 is 0 Å². The van der Waals surface area contributed by atoms with E-state index in [4.69, 9.17) is 13.5 Å². The molecule has 0 spiro atoms. The maximum atomic E-state index is 9.63. The van der Waals surface area contributed by atoms with Crippen LogP contribution in [0.25, 0.3) is 10.4 Å². The third-order valence-corrected chi connectivity index (χ3v) is 1.71. The van der Waals surface area contributed by atoms with Crippen molar-refractivity contribution >= 4 is 20.2 Å². The van der Waals surface area contributed by atoms with E-state index in [1.807, 2.05) is 0 Å². The lowest BCUT2D eigenvalue weighted by Crippen LogP contribution is -2.02. The normalized spacial score (nSPS) is 12.4. The Hall–Kier alpha value is -1.99. The lowest BCUT2D eigenvalue weighted by molar-refractivity contribution is 0.183. The van der Waals surface area contributed by atoms with Crippen molar-refractivity contribution in [2.45, 2.75) is 6.10 Å². The Morgan fingerprint density at radius 3 is 3.25 bits per heavy atom. The van der Waals surface area contributed by atoms with E-state index in [-0.39, 0.29) is 18.1 Å². The SMILES string of the molecule is [B]n1cnc([C@H](O)CN=[N+]=[N-])c1N=COC. The largest absolute Gasteiger partial charge is 0.486 e. The number of nitrogens with zero attached hydrogens (tertiary/aromatic N) is 6. The number of methoxy groups -OCH3 is 1. The number of rotatable bonds is 5. The van der Waals surface area contributed by atoms with E-state index < -0.39 is 6.10 Å². The fourth-order valence-electron chi connectivity index (χ4n) is 1.04. The molecule has 2 radical (unpaired) electrons. The van der Waals surface area contributed by atoms with Gasteiger partial charge in [-0.1, -0.05) is 5.11 Å². The number of imidazole rings is 1. The van der Waals surface area contributed by atoms with Gasteiger partial charge in [0.25, 0.3) is 0 Å². The lowest BCUT2D eigenvalue weighted by atomic mass is 10.2. The average molecular weight is 220 g/mol. The minimum atomic E-state index is -1.05. The summed E-state index contributed by atoms with van der Waals surface area (Å²) in [6.07, 6.45) is 1.39. The molecule has 0 aliphatic rings. The van der Waals surface area contributed by atoms with Gasteiger partial charge in [0.15, 0.2) is 6.40 Å². The minimum Gasteiger partial charge on any atom is -0.486 e. The van der Waals surface area contributed by atoms with Gasteiger partial charge in [0.1, 0.15) is 17.6 Å². The zero-order chi connectivity index (χ0) is 12.0. The van der Waals surface area contributed by atoms with Crippen LogP contribution in [0.3, 0.4) is 0 Å². The summed E-state index contributed by atoms with van der Waals surface area (Å²) in [5.74, 6) is 0.238. The summed E-state index contributed by atoms with van der Waals surface area (Å²) >= 11 is 0. The predicted octanol–water partition coefficient (Wildman–Crippen LogP) is 0.465. The summed E-state index contributed by atoms with van der Waals surface area (Å²) in [6, 6.07) is 0. The second-order valence-electron chi connectivity index (χ2n) is 2.76. The van der Waals surface area contributed by atoms with Crippen LogP contribution in [0.1, 0.15) is 11.8 Å². The van der Waals surface area contributed by atoms with Crippen LogP contribution in [0.4, 0.5) is 5.82 Å². The first-order valence-corrected chi connectivity index (χ1v) is 4.27. The van der Waals surface area contributed by atoms with Crippen LogP contribution < -0.4 is 0 Å². The van der Waals surface area contributed by atoms with Gasteiger partial charge in [-0.05, 0) is 5.53 Å². The fraction of sp³-hybridized carbons (Fsp3) is 0.429. The van der Waals surface area contributed by atoms with Gasteiger partial charge >= 0.3 is 0 Å². The van der Waals surface area contributed by atoms with E-state index in [0.717, 1.165) is 10.9 Å². The van der Waals surface area contributed by atoms with Crippen molar-refractivity contribution in [2.24, 2.45) is 10.1 Å². The fourth-order valence-corrected chi connectivity index (χ4v) is 1.04. The monoisotopic (exact) mass is 220 g/mol. The van der Waals surface area contributed by atoms with Crippen molar-refractivity contribution in [3.63, 3.8) is 0 Å². The highest BCUT2D eigenvalue weighted by Gasteiger charge is 2.15. The maximum Gasteiger partial charge on any atom is 0.238 e. The topological polar surface area (TPSA) is 108 Å². The smallest absolute Gasteiger partial charge is 0.238 e. The highest BCUT2D eigenvalue weighted by molar-refractivity contribution is 6.08. The third-order valence-electron chi connectivity index (χ3n) is 1.71. The lowest BCUT2D eigenvalue weighted by Gasteiger charge is -2.05. The molecule has 1 rings (SSSR count). The number of hydrogen-bond donors (Lipinski definition) is 1. The minimum absolute atomic E-state index is 0.136. The Morgan fingerprint density at radius 2 is 2.62 bits per heavy atom. The number of aliphatic hydroxyl groups is 1. The molecule has 1 N–H and O–H groups in total. The van der Waals surface area contributed by atoms with Gasteiger partial charge in [0.05, 0.1) is 20.0 Å². The molecule has 1 atom stereocenters. The Morgan fingerprint density at radius 1 is 1.88 bits per heavy atom. The van der Waals surface area contributed by atoms with Crippen LogP contribution in [-0.2, 0) is 4.74 Å². The molecular formula is C7H9BN6O2. The van der Waals surface area contributed by atoms with Gasteiger partial charge in [0, 0.05) is 4.91 Å². The number of aliphatic imine (C=N–C) groups is 1. The maximum absolute atomic E-state index is 9.63. The Bertz CT molecular complexity index is 425. The first-order valence-electron chi connectivity index (χ1n) is 4.27. The first kappa shape index (κ1) is 12.1. The van der Waals surface area contributed by atoms with E-state index in [1.165, 1.54) is 13.4 Å². The molecule has 82 valence electrons. The second-order valence-corrected chi connectivity index (χ2v) is 2.76. The number of ether oxygens (including phenoxy) is 1. The standard InChI is InChI=1S/C7H9BN6O2/c1-16-4-11-7-6(10-3-14(7)8)5(15)2-12-13-9/h3-5,15H,2H2,1H3/t5-/m1/s1. The van der Waals surface area contributed by atoms with Crippen LogP contribution in [-0.4, -0.2) is 42.6 Å². The van der Waals surface area contributed by atoms with E-state index in [1.54, 1.807) is 0 Å². The molecule has 0 bridgehead atoms. The average Bonchev–Trinajstić information content (AvgIpc) is 2.65. The van der Waals surface area contributed by atoms with Crippen LogP contribution >= 0.6 is 0 Å². The number of azide groups is 1. The van der Waals surface area contributed by atoms with Crippen molar-refractivity contribution < 1.29 is 9.84 Å². The molecule has 1 aromatic heterocycles. The molecular weight excluding hydrogens is 211 g/mol. The first-order chi connectivity index (χ1) is 7.70. The van der Waals surface area contributed by atoms with Crippen molar-refractivity contribution in [3.05, 3.63) is 22.5 Å². The zero-order valence-corrected chi connectivity index (χ0v) is 8.56.